The van der Waals surface area contributed by atoms with Gasteiger partial charge in [0.1, 0.15) is 0 Å². The Kier molecular flexibility index (Phi) is 9.10. The maximum atomic E-state index is 3.54. The zero-order valence-corrected chi connectivity index (χ0v) is 15.0. The Morgan fingerprint density at radius 3 is 2.06 bits per heavy atom. The van der Waals surface area contributed by atoms with Crippen molar-refractivity contribution in [2.75, 3.05) is 26.2 Å². The van der Waals surface area contributed by atoms with Crippen LogP contribution in [0.25, 0.3) is 0 Å². The second kappa shape index (κ2) is 8.77. The lowest BCUT2D eigenvalue weighted by Gasteiger charge is -2.33. The van der Waals surface area contributed by atoms with E-state index in [4.69, 9.17) is 0 Å². The molecule has 1 fully saturated rings. The van der Waals surface area contributed by atoms with Crippen LogP contribution in [0.15, 0.2) is 27.1 Å². The maximum Gasteiger partial charge on any atom is 0.0321 e. The molecule has 1 heterocycles. The molecule has 0 radical (unpaired) electrons. The van der Waals surface area contributed by atoms with E-state index in [1.54, 1.807) is 0 Å². The van der Waals surface area contributed by atoms with Crippen LogP contribution in [0.4, 0.5) is 0 Å². The van der Waals surface area contributed by atoms with Crippen molar-refractivity contribution in [2.45, 2.75) is 13.0 Å². The van der Waals surface area contributed by atoms with Crippen molar-refractivity contribution in [3.8, 4) is 0 Å². The fraction of sp³-hybridized carbons (Fsp3) is 0.500. The van der Waals surface area contributed by atoms with Gasteiger partial charge < -0.3 is 5.32 Å². The van der Waals surface area contributed by atoms with E-state index in [1.165, 1.54) is 5.56 Å². The summed E-state index contributed by atoms with van der Waals surface area (Å²) < 4.78 is 2.28. The lowest BCUT2D eigenvalue weighted by molar-refractivity contribution is 0.185. The standard InChI is InChI=1S/C12H16Br2N2.2ClH/c1-9(16-4-2-15-3-5-16)10-6-11(13)8-12(14)7-10;;/h6-9,15H,2-5H2,1H3;2*1H/t9-;;/m1../s1. The first-order valence-corrected chi connectivity index (χ1v) is 7.16. The molecule has 0 aliphatic carbocycles. The molecule has 1 aromatic rings. The highest BCUT2D eigenvalue weighted by atomic mass is 79.9. The molecule has 1 aliphatic heterocycles. The van der Waals surface area contributed by atoms with E-state index >= 15 is 0 Å². The van der Waals surface area contributed by atoms with Crippen molar-refractivity contribution in [1.29, 1.82) is 0 Å². The molecule has 1 N–H and O–H groups in total. The number of piperazine rings is 1. The number of nitrogens with one attached hydrogen (secondary N) is 1. The second-order valence-electron chi connectivity index (χ2n) is 4.16. The molecule has 0 bridgehead atoms. The molecule has 1 atom stereocenters. The van der Waals surface area contributed by atoms with E-state index in [0.717, 1.165) is 35.1 Å². The van der Waals surface area contributed by atoms with Gasteiger partial charge in [-0.15, -0.1) is 24.8 Å². The van der Waals surface area contributed by atoms with Gasteiger partial charge in [-0.2, -0.15) is 0 Å². The van der Waals surface area contributed by atoms with Gasteiger partial charge in [0.2, 0.25) is 0 Å². The normalized spacial score (nSPS) is 17.5. The zero-order valence-electron chi connectivity index (χ0n) is 10.2. The number of hydrogen-bond donors (Lipinski definition) is 1. The van der Waals surface area contributed by atoms with Crippen LogP contribution in [-0.4, -0.2) is 31.1 Å². The van der Waals surface area contributed by atoms with Crippen molar-refractivity contribution in [1.82, 2.24) is 10.2 Å². The maximum absolute atomic E-state index is 3.54. The molecule has 0 aromatic heterocycles. The number of hydrogen-bond acceptors (Lipinski definition) is 2. The summed E-state index contributed by atoms with van der Waals surface area (Å²) in [5.74, 6) is 0. The first-order chi connectivity index (χ1) is 7.66. The summed E-state index contributed by atoms with van der Waals surface area (Å²) in [4.78, 5) is 2.52. The van der Waals surface area contributed by atoms with Crippen LogP contribution < -0.4 is 5.32 Å². The van der Waals surface area contributed by atoms with Crippen LogP contribution in [0.5, 0.6) is 0 Å². The molecule has 104 valence electrons. The highest BCUT2D eigenvalue weighted by molar-refractivity contribution is 9.11. The average Bonchev–Trinajstić information content (AvgIpc) is 2.28. The molecule has 0 unspecified atom stereocenters. The van der Waals surface area contributed by atoms with E-state index in [2.05, 4.69) is 67.2 Å². The molecule has 0 saturated carbocycles. The molecule has 2 nitrogen and oxygen atoms in total. The number of rotatable bonds is 2. The van der Waals surface area contributed by atoms with Gasteiger partial charge in [0.05, 0.1) is 0 Å². The van der Waals surface area contributed by atoms with Crippen molar-refractivity contribution in [3.05, 3.63) is 32.7 Å². The van der Waals surface area contributed by atoms with Gasteiger partial charge in [-0.3, -0.25) is 4.90 Å². The topological polar surface area (TPSA) is 15.3 Å². The Morgan fingerprint density at radius 2 is 1.56 bits per heavy atom. The van der Waals surface area contributed by atoms with Crippen LogP contribution in [0.2, 0.25) is 0 Å². The summed E-state index contributed by atoms with van der Waals surface area (Å²) in [6.07, 6.45) is 0. The summed E-state index contributed by atoms with van der Waals surface area (Å²) in [5.41, 5.74) is 1.36. The molecule has 2 rings (SSSR count). The van der Waals surface area contributed by atoms with Gasteiger partial charge in [-0.1, -0.05) is 31.9 Å². The number of halogens is 4. The first-order valence-electron chi connectivity index (χ1n) is 5.57. The number of nitrogens with zero attached hydrogens (tertiary/aromatic N) is 1. The minimum atomic E-state index is 0. The lowest BCUT2D eigenvalue weighted by Crippen LogP contribution is -2.44. The zero-order chi connectivity index (χ0) is 11.5. The molecule has 1 aliphatic rings. The van der Waals surface area contributed by atoms with Crippen molar-refractivity contribution >= 4 is 56.7 Å². The quantitative estimate of drug-likeness (QED) is 0.777. The fourth-order valence-electron chi connectivity index (χ4n) is 2.10. The first kappa shape index (κ1) is 18.7. The van der Waals surface area contributed by atoms with Gasteiger partial charge in [-0.25, -0.2) is 0 Å². The molecule has 18 heavy (non-hydrogen) atoms. The second-order valence-corrected chi connectivity index (χ2v) is 6.00. The van der Waals surface area contributed by atoms with Crippen molar-refractivity contribution < 1.29 is 0 Å². The van der Waals surface area contributed by atoms with E-state index in [0.29, 0.717) is 6.04 Å². The van der Waals surface area contributed by atoms with E-state index in [1.807, 2.05) is 0 Å². The Balaban J connectivity index is 0.00000144. The molecule has 1 aromatic carbocycles. The van der Waals surface area contributed by atoms with E-state index < -0.39 is 0 Å². The van der Waals surface area contributed by atoms with Crippen molar-refractivity contribution in [3.63, 3.8) is 0 Å². The number of benzene rings is 1. The monoisotopic (exact) mass is 418 g/mol. The largest absolute Gasteiger partial charge is 0.314 e. The van der Waals surface area contributed by atoms with Crippen LogP contribution in [0.3, 0.4) is 0 Å². The van der Waals surface area contributed by atoms with E-state index in [-0.39, 0.29) is 24.8 Å². The third-order valence-electron chi connectivity index (χ3n) is 3.07. The van der Waals surface area contributed by atoms with Gasteiger partial charge in [0.25, 0.3) is 0 Å². The minimum Gasteiger partial charge on any atom is -0.314 e. The van der Waals surface area contributed by atoms with E-state index in [9.17, 15) is 0 Å². The lowest BCUT2D eigenvalue weighted by atomic mass is 10.1. The van der Waals surface area contributed by atoms with Gasteiger partial charge in [0.15, 0.2) is 0 Å². The Bertz CT molecular complexity index is 351. The summed E-state index contributed by atoms with van der Waals surface area (Å²) in [6, 6.07) is 6.97. The predicted octanol–water partition coefficient (Wildman–Crippen LogP) is 4.02. The fourth-order valence-corrected chi connectivity index (χ4v) is 3.43. The molecule has 0 amide bonds. The average molecular weight is 421 g/mol. The Morgan fingerprint density at radius 1 is 1.06 bits per heavy atom. The smallest absolute Gasteiger partial charge is 0.0321 e. The van der Waals surface area contributed by atoms with Crippen LogP contribution in [0.1, 0.15) is 18.5 Å². The summed E-state index contributed by atoms with van der Waals surface area (Å²) in [6.45, 7) is 6.73. The Labute approximate surface area is 138 Å². The molecule has 0 spiro atoms. The van der Waals surface area contributed by atoms with Crippen molar-refractivity contribution in [2.24, 2.45) is 0 Å². The SMILES string of the molecule is C[C@H](c1cc(Br)cc(Br)c1)N1CCNCC1.Cl.Cl. The third-order valence-corrected chi connectivity index (χ3v) is 3.98. The summed E-state index contributed by atoms with van der Waals surface area (Å²) >= 11 is 7.09. The molecule has 1 saturated heterocycles. The Hall–Kier alpha value is 0.680. The van der Waals surface area contributed by atoms with Gasteiger partial charge in [-0.05, 0) is 30.7 Å². The molecule has 6 heteroatoms. The van der Waals surface area contributed by atoms with Gasteiger partial charge >= 0.3 is 0 Å². The summed E-state index contributed by atoms with van der Waals surface area (Å²) in [7, 11) is 0. The highest BCUT2D eigenvalue weighted by Gasteiger charge is 2.18. The van der Waals surface area contributed by atoms with Crippen LogP contribution in [-0.2, 0) is 0 Å². The predicted molar refractivity (Wildman–Crippen MR) is 89.2 cm³/mol. The molecular formula is C12H18Br2Cl2N2. The molecular weight excluding hydrogens is 403 g/mol. The third kappa shape index (κ3) is 4.99. The van der Waals surface area contributed by atoms with Crippen LogP contribution in [0, 0.1) is 0 Å². The highest BCUT2D eigenvalue weighted by Crippen LogP contribution is 2.27. The van der Waals surface area contributed by atoms with Crippen LogP contribution >= 0.6 is 56.7 Å². The van der Waals surface area contributed by atoms with Gasteiger partial charge in [0, 0.05) is 41.2 Å². The summed E-state index contributed by atoms with van der Waals surface area (Å²) in [5, 5.41) is 3.38. The minimum absolute atomic E-state index is 0.